The second kappa shape index (κ2) is 78.6. The zero-order valence-corrected chi connectivity index (χ0v) is 79.1. The Kier molecular flexibility index (Phi) is 75.1. The maximum atomic E-state index is 15.1. The Bertz CT molecular complexity index is 2560. The first-order valence-corrected chi connectivity index (χ1v) is 51.5. The van der Waals surface area contributed by atoms with Crippen molar-refractivity contribution in [1.82, 2.24) is 16.8 Å². The van der Waals surface area contributed by atoms with Crippen molar-refractivity contribution in [2.24, 2.45) is 0 Å². The maximum Gasteiger partial charge on any atom is 0.310 e. The summed E-state index contributed by atoms with van der Waals surface area (Å²) in [6.45, 7) is 11.2. The standard InChI is InChI=1S/C96H181N2O22P.H3N/c1-7-13-19-25-31-37-39-45-51-57-63-69-85(104)114-79(67-61-55-49-43-35-29-23-17-11-5)73-84(103)98-90-94(119-88(107)74-80(68-62-56-50-44-36-30-24-18-12-6)115-86(105)70-64-58-52-46-40-38-32-26-20-14-8-2)92(120-121(110,111)112)81(75-99)117-96(90)113-76-82-91(108)93(118-87(106)72-78(101)66-60-54-48-42-34-28-22-16-10-4)89(95(109)116-82)97-83(102)71-77(100)65-59-53-47-41-33-27-21-15-9-3;/h77-82,89-96,99-101,108-109H,7-76H2,1-6H3,(H,97,102)(H,98,103)(H2,110,111,112);1H3. The van der Waals surface area contributed by atoms with E-state index in [1.807, 2.05) is 0 Å². The van der Waals surface area contributed by atoms with E-state index in [0.29, 0.717) is 44.9 Å². The van der Waals surface area contributed by atoms with Crippen molar-refractivity contribution in [2.75, 3.05) is 13.2 Å². The number of aliphatic hydroxyl groups excluding tert-OH is 5. The molecule has 2 aliphatic heterocycles. The van der Waals surface area contributed by atoms with E-state index < -0.39 is 168 Å². The van der Waals surface area contributed by atoms with Crippen molar-refractivity contribution in [1.29, 1.82) is 0 Å². The number of phosphoric ester groups is 1. The van der Waals surface area contributed by atoms with E-state index in [0.717, 1.165) is 212 Å². The molecule has 26 heteroatoms. The van der Waals surface area contributed by atoms with Crippen LogP contribution in [0.3, 0.4) is 0 Å². The molecule has 0 aromatic heterocycles. The van der Waals surface area contributed by atoms with Gasteiger partial charge < -0.3 is 89.8 Å². The molecule has 0 aliphatic carbocycles. The fraction of sp³-hybridized carbons (Fsp3) is 0.938. The van der Waals surface area contributed by atoms with Crippen LogP contribution in [0.1, 0.15) is 478 Å². The highest BCUT2D eigenvalue weighted by molar-refractivity contribution is 7.44. The Morgan fingerprint density at radius 3 is 1.03 bits per heavy atom. The van der Waals surface area contributed by atoms with Gasteiger partial charge in [0.15, 0.2) is 24.8 Å². The summed E-state index contributed by atoms with van der Waals surface area (Å²) in [5.41, 5.74) is 0. The molecule has 12 N–H and O–H groups in total. The lowest BCUT2D eigenvalue weighted by molar-refractivity contribution is -0.304. The first-order valence-electron chi connectivity index (χ1n) is 50.0. The van der Waals surface area contributed by atoms with Crippen molar-refractivity contribution in [3.63, 3.8) is 0 Å². The van der Waals surface area contributed by atoms with Gasteiger partial charge in [-0.05, 0) is 51.4 Å². The van der Waals surface area contributed by atoms with Gasteiger partial charge in [0.2, 0.25) is 11.8 Å². The summed E-state index contributed by atoms with van der Waals surface area (Å²) < 4.78 is 61.5. The molecule has 122 heavy (non-hydrogen) atoms. The number of hydrogen-bond acceptors (Lipinski definition) is 21. The van der Waals surface area contributed by atoms with E-state index in [1.54, 1.807) is 0 Å². The van der Waals surface area contributed by atoms with Gasteiger partial charge >= 0.3 is 23.9 Å². The Morgan fingerprint density at radius 2 is 0.672 bits per heavy atom. The van der Waals surface area contributed by atoms with Crippen LogP contribution in [0.25, 0.3) is 0 Å². The average Bonchev–Trinajstić information content (AvgIpc) is 0.777. The summed E-state index contributed by atoms with van der Waals surface area (Å²) in [7, 11) is -5.87. The number of amides is 2. The molecule has 2 rings (SSSR count). The molecule has 0 radical (unpaired) electrons. The number of hydrogen-bond donors (Lipinski definition) is 9. The van der Waals surface area contributed by atoms with Gasteiger partial charge in [-0.25, -0.2) is 0 Å². The Balaban J connectivity index is 0.0000744. The van der Waals surface area contributed by atoms with Gasteiger partial charge in [-0.2, -0.15) is 0 Å². The van der Waals surface area contributed by atoms with E-state index in [-0.39, 0.29) is 38.3 Å². The maximum absolute atomic E-state index is 15.1. The Morgan fingerprint density at radius 1 is 0.369 bits per heavy atom. The lowest BCUT2D eigenvalue weighted by Gasteiger charge is -2.47. The molecule has 0 saturated carbocycles. The molecule has 0 aromatic rings. The first kappa shape index (κ1) is 117. The van der Waals surface area contributed by atoms with Crippen molar-refractivity contribution in [3.8, 4) is 0 Å². The monoisotopic (exact) mass is 1760 g/mol. The molecule has 25 nitrogen and oxygen atoms in total. The van der Waals surface area contributed by atoms with E-state index in [2.05, 4.69) is 52.2 Å². The van der Waals surface area contributed by atoms with Crippen LogP contribution < -0.4 is 21.7 Å². The predicted octanol–water partition coefficient (Wildman–Crippen LogP) is 21.0. The van der Waals surface area contributed by atoms with Crippen molar-refractivity contribution >= 4 is 43.5 Å². The highest BCUT2D eigenvalue weighted by Crippen LogP contribution is 2.40. The summed E-state index contributed by atoms with van der Waals surface area (Å²) in [6, 6.07) is -3.50. The molecule has 2 amide bonds. The van der Waals surface area contributed by atoms with Gasteiger partial charge in [-0.15, -0.1) is 0 Å². The summed E-state index contributed by atoms with van der Waals surface area (Å²) in [5.74, 6) is -4.61. The lowest BCUT2D eigenvalue weighted by atomic mass is 9.95. The molecular formula is C96H184N3O22P. The number of quaternary nitrogens is 1. The average molecular weight is 1760 g/mol. The summed E-state index contributed by atoms with van der Waals surface area (Å²) >= 11 is 0. The molecule has 15 atom stereocenters. The van der Waals surface area contributed by atoms with Crippen LogP contribution >= 0.6 is 7.82 Å². The Labute approximate surface area is 740 Å². The molecule has 0 aromatic carbocycles. The van der Waals surface area contributed by atoms with Crippen LogP contribution in [0.4, 0.5) is 0 Å². The molecule has 2 saturated heterocycles. The quantitative estimate of drug-likeness (QED) is 0.0118. The van der Waals surface area contributed by atoms with Crippen molar-refractivity contribution < 1.29 is 106 Å². The molecule has 0 bridgehead atoms. The number of ether oxygens (including phenoxy) is 7. The minimum atomic E-state index is -5.87. The van der Waals surface area contributed by atoms with E-state index in [9.17, 15) is 63.9 Å². The van der Waals surface area contributed by atoms with E-state index in [4.69, 9.17) is 37.7 Å². The summed E-state index contributed by atoms with van der Waals surface area (Å²) in [4.78, 5) is 109. The highest BCUT2D eigenvalue weighted by Gasteiger charge is 2.53. The third kappa shape index (κ3) is 61.9. The number of unbranched alkanes of at least 4 members (excludes halogenated alkanes) is 52. The highest BCUT2D eigenvalue weighted by atomic mass is 31.2. The molecule has 0 spiro atoms. The van der Waals surface area contributed by atoms with Crippen LogP contribution in [0.15, 0.2) is 0 Å². The SMILES string of the molecule is CCCCCCCCCCCCCC(=O)OC(CCCCCCCCCCC)CC(=O)NC1C(OCC2OC(O)C(NC(=O)CC(O)CCCCCCCCCCC)C(OC(=O)CC(O)CCCCCCCCCCC)C2O)OC(CO)C(OP(=O)([O-])O)C1OC(=O)CC(CCCCCCCCCCC)OC(=O)CCCCCCCCCCCCC.[NH4+]. The van der Waals surface area contributed by atoms with Crippen LogP contribution in [0.5, 0.6) is 0 Å². The molecule has 2 fully saturated rings. The topological polar surface area (TPSA) is 398 Å². The van der Waals surface area contributed by atoms with Gasteiger partial charge in [0.05, 0.1) is 51.1 Å². The minimum absolute atomic E-state index is 0. The van der Waals surface area contributed by atoms with Crippen LogP contribution in [-0.4, -0.2) is 165 Å². The number of aliphatic hydroxyl groups is 5. The largest absolute Gasteiger partial charge is 0.756 e. The predicted molar refractivity (Wildman–Crippen MR) is 483 cm³/mol. The van der Waals surface area contributed by atoms with Crippen LogP contribution in [0.2, 0.25) is 0 Å². The second-order valence-corrected chi connectivity index (χ2v) is 36.8. The molecule has 15 unspecified atom stereocenters. The van der Waals surface area contributed by atoms with E-state index in [1.165, 1.54) is 122 Å². The fourth-order valence-corrected chi connectivity index (χ4v) is 17.3. The fourth-order valence-electron chi connectivity index (χ4n) is 16.7. The normalized spacial score (nSPS) is 20.6. The minimum Gasteiger partial charge on any atom is -0.756 e. The van der Waals surface area contributed by atoms with Gasteiger partial charge in [0, 0.05) is 12.8 Å². The zero-order valence-electron chi connectivity index (χ0n) is 78.2. The van der Waals surface area contributed by atoms with Crippen molar-refractivity contribution in [2.45, 2.75) is 564 Å². The number of carbonyl (C=O) groups excluding carboxylic acids is 6. The number of esters is 4. The smallest absolute Gasteiger partial charge is 0.310 e. The van der Waals surface area contributed by atoms with Gasteiger partial charge in [-0.1, -0.05) is 388 Å². The first-order chi connectivity index (χ1) is 58.6. The summed E-state index contributed by atoms with van der Waals surface area (Å²) in [6.07, 6.45) is 40.2. The second-order valence-electron chi connectivity index (χ2n) is 35.6. The zero-order chi connectivity index (χ0) is 88.6. The molecule has 720 valence electrons. The molecule has 2 aliphatic rings. The summed E-state index contributed by atoms with van der Waals surface area (Å²) in [5, 5.41) is 63.2. The number of phosphoric acid groups is 1. The van der Waals surface area contributed by atoms with Crippen molar-refractivity contribution in [3.05, 3.63) is 0 Å². The van der Waals surface area contributed by atoms with Crippen LogP contribution in [0, 0.1) is 0 Å². The number of nitrogens with one attached hydrogen (secondary N) is 2. The third-order valence-electron chi connectivity index (χ3n) is 24.1. The molecule has 2 heterocycles. The Hall–Kier alpha value is -3.43. The number of rotatable bonds is 84. The number of carbonyl (C=O) groups is 6. The molecular weight excluding hydrogens is 1580 g/mol. The lowest BCUT2D eigenvalue weighted by Crippen LogP contribution is -2.68. The van der Waals surface area contributed by atoms with E-state index >= 15 is 4.79 Å². The van der Waals surface area contributed by atoms with Crippen LogP contribution in [-0.2, 0) is 71.0 Å². The van der Waals surface area contributed by atoms with Gasteiger partial charge in [-0.3, -0.25) is 33.3 Å². The van der Waals surface area contributed by atoms with Gasteiger partial charge in [0.25, 0.3) is 7.82 Å². The third-order valence-corrected chi connectivity index (χ3v) is 24.6. The van der Waals surface area contributed by atoms with Gasteiger partial charge in [0.1, 0.15) is 48.7 Å².